The molecular weight excluding hydrogens is 203 g/mol. The number of hydrogen-bond acceptors (Lipinski definition) is 1. The van der Waals surface area contributed by atoms with Crippen LogP contribution in [0.4, 0.5) is 4.39 Å². The van der Waals surface area contributed by atoms with Gasteiger partial charge in [-0.25, -0.2) is 4.39 Å². The van der Waals surface area contributed by atoms with Gasteiger partial charge in [-0.3, -0.25) is 4.79 Å². The van der Waals surface area contributed by atoms with Crippen LogP contribution in [0, 0.1) is 12.7 Å². The monoisotopic (exact) mass is 214 g/mol. The topological polar surface area (TPSA) is 17.1 Å². The molecule has 0 saturated heterocycles. The Morgan fingerprint density at radius 1 is 1.00 bits per heavy atom. The van der Waals surface area contributed by atoms with Crippen LogP contribution in [-0.2, 0) is 0 Å². The van der Waals surface area contributed by atoms with Crippen molar-refractivity contribution in [2.45, 2.75) is 6.92 Å². The molecule has 0 unspecified atom stereocenters. The van der Waals surface area contributed by atoms with Crippen LogP contribution in [0.2, 0.25) is 0 Å². The molecule has 2 aromatic rings. The number of rotatable bonds is 2. The van der Waals surface area contributed by atoms with Crippen molar-refractivity contribution in [2.24, 2.45) is 0 Å². The first-order valence-electron chi connectivity index (χ1n) is 5.05. The van der Waals surface area contributed by atoms with Gasteiger partial charge in [0, 0.05) is 5.56 Å². The Labute approximate surface area is 93.5 Å². The van der Waals surface area contributed by atoms with Crippen LogP contribution in [0.3, 0.4) is 0 Å². The van der Waals surface area contributed by atoms with Crippen LogP contribution >= 0.6 is 0 Å². The van der Waals surface area contributed by atoms with Gasteiger partial charge in [-0.2, -0.15) is 0 Å². The summed E-state index contributed by atoms with van der Waals surface area (Å²) in [6.07, 6.45) is 0. The van der Waals surface area contributed by atoms with Gasteiger partial charge in [0.15, 0.2) is 5.78 Å². The van der Waals surface area contributed by atoms with Crippen molar-refractivity contribution in [3.8, 4) is 0 Å². The number of benzene rings is 2. The summed E-state index contributed by atoms with van der Waals surface area (Å²) in [4.78, 5) is 12.0. The van der Waals surface area contributed by atoms with Crippen molar-refractivity contribution < 1.29 is 9.18 Å². The van der Waals surface area contributed by atoms with Crippen LogP contribution in [0.1, 0.15) is 21.5 Å². The maximum atomic E-state index is 13.7. The second-order valence-electron chi connectivity index (χ2n) is 3.63. The number of aryl methyl sites for hydroxylation is 1. The molecule has 0 aliphatic heterocycles. The molecular formula is C14H11FO. The summed E-state index contributed by atoms with van der Waals surface area (Å²) in [5, 5.41) is 0. The summed E-state index contributed by atoms with van der Waals surface area (Å²) >= 11 is 0. The Balaban J connectivity index is 2.46. The lowest BCUT2D eigenvalue weighted by Gasteiger charge is -2.04. The molecule has 2 heteroatoms. The third-order valence-electron chi connectivity index (χ3n) is 2.47. The average Bonchev–Trinajstić information content (AvgIpc) is 2.33. The Kier molecular flexibility index (Phi) is 2.82. The minimum atomic E-state index is -0.434. The third-order valence-corrected chi connectivity index (χ3v) is 2.47. The van der Waals surface area contributed by atoms with Crippen molar-refractivity contribution in [3.05, 3.63) is 71.0 Å². The molecule has 2 aromatic carbocycles. The zero-order chi connectivity index (χ0) is 11.5. The number of halogens is 1. The molecule has 0 spiro atoms. The first kappa shape index (κ1) is 10.6. The lowest BCUT2D eigenvalue weighted by atomic mass is 10.0. The highest BCUT2D eigenvalue weighted by molar-refractivity contribution is 6.09. The second-order valence-corrected chi connectivity index (χ2v) is 3.63. The van der Waals surface area contributed by atoms with E-state index in [1.54, 1.807) is 43.3 Å². The molecule has 0 aliphatic carbocycles. The summed E-state index contributed by atoms with van der Waals surface area (Å²) in [6.45, 7) is 1.65. The third kappa shape index (κ3) is 1.87. The zero-order valence-electron chi connectivity index (χ0n) is 8.91. The fourth-order valence-electron chi connectivity index (χ4n) is 1.57. The lowest BCUT2D eigenvalue weighted by Crippen LogP contribution is -2.05. The van der Waals surface area contributed by atoms with Gasteiger partial charge in [-0.05, 0) is 18.6 Å². The van der Waals surface area contributed by atoms with E-state index in [1.807, 2.05) is 6.07 Å². The molecule has 0 atom stereocenters. The highest BCUT2D eigenvalue weighted by atomic mass is 19.1. The molecule has 0 aromatic heterocycles. The number of carbonyl (C=O) groups is 1. The zero-order valence-corrected chi connectivity index (χ0v) is 8.91. The second kappa shape index (κ2) is 4.27. The molecule has 0 amide bonds. The predicted octanol–water partition coefficient (Wildman–Crippen LogP) is 3.37. The van der Waals surface area contributed by atoms with Crippen molar-refractivity contribution in [1.82, 2.24) is 0 Å². The van der Waals surface area contributed by atoms with Crippen molar-refractivity contribution in [3.63, 3.8) is 0 Å². The van der Waals surface area contributed by atoms with Gasteiger partial charge in [-0.1, -0.05) is 42.5 Å². The molecule has 2 rings (SSSR count). The smallest absolute Gasteiger partial charge is 0.195 e. The van der Waals surface area contributed by atoms with Gasteiger partial charge in [0.2, 0.25) is 0 Å². The molecule has 80 valence electrons. The summed E-state index contributed by atoms with van der Waals surface area (Å²) < 4.78 is 13.7. The predicted molar refractivity (Wildman–Crippen MR) is 61.0 cm³/mol. The van der Waals surface area contributed by atoms with E-state index in [0.717, 1.165) is 0 Å². The SMILES string of the molecule is Cc1cccc(C(=O)c2ccccc2)c1F. The Morgan fingerprint density at radius 2 is 1.69 bits per heavy atom. The largest absolute Gasteiger partial charge is 0.288 e. The van der Waals surface area contributed by atoms with E-state index in [2.05, 4.69) is 0 Å². The van der Waals surface area contributed by atoms with Gasteiger partial charge >= 0.3 is 0 Å². The van der Waals surface area contributed by atoms with Crippen LogP contribution in [0.5, 0.6) is 0 Å². The van der Waals surface area contributed by atoms with Gasteiger partial charge in [-0.15, -0.1) is 0 Å². The van der Waals surface area contributed by atoms with Gasteiger partial charge in [0.1, 0.15) is 5.82 Å². The minimum Gasteiger partial charge on any atom is -0.288 e. The summed E-state index contributed by atoms with van der Waals surface area (Å²) in [7, 11) is 0. The van der Waals surface area contributed by atoms with Crippen LogP contribution in [-0.4, -0.2) is 5.78 Å². The molecule has 0 aliphatic rings. The minimum absolute atomic E-state index is 0.131. The quantitative estimate of drug-likeness (QED) is 0.700. The number of hydrogen-bond donors (Lipinski definition) is 0. The summed E-state index contributed by atoms with van der Waals surface area (Å²) in [6, 6.07) is 13.6. The van der Waals surface area contributed by atoms with E-state index in [4.69, 9.17) is 0 Å². The molecule has 0 bridgehead atoms. The van der Waals surface area contributed by atoms with Crippen LogP contribution in [0.25, 0.3) is 0 Å². The molecule has 16 heavy (non-hydrogen) atoms. The highest BCUT2D eigenvalue weighted by Gasteiger charge is 2.14. The normalized spacial score (nSPS) is 10.1. The average molecular weight is 214 g/mol. The van der Waals surface area contributed by atoms with Crippen molar-refractivity contribution in [1.29, 1.82) is 0 Å². The Hall–Kier alpha value is -1.96. The molecule has 0 saturated carbocycles. The first-order chi connectivity index (χ1) is 7.70. The number of ketones is 1. The van der Waals surface area contributed by atoms with Gasteiger partial charge in [0.05, 0.1) is 5.56 Å². The fraction of sp³-hybridized carbons (Fsp3) is 0.0714. The molecule has 1 nitrogen and oxygen atoms in total. The number of carbonyl (C=O) groups excluding carboxylic acids is 1. The lowest BCUT2D eigenvalue weighted by molar-refractivity contribution is 0.103. The molecule has 0 fully saturated rings. The van der Waals surface area contributed by atoms with E-state index in [9.17, 15) is 9.18 Å². The van der Waals surface area contributed by atoms with Crippen LogP contribution in [0.15, 0.2) is 48.5 Å². The summed E-state index contributed by atoms with van der Waals surface area (Å²) in [5.41, 5.74) is 1.12. The maximum Gasteiger partial charge on any atom is 0.195 e. The van der Waals surface area contributed by atoms with Crippen LogP contribution < -0.4 is 0 Å². The Bertz CT molecular complexity index is 518. The maximum absolute atomic E-state index is 13.7. The van der Waals surface area contributed by atoms with E-state index in [-0.39, 0.29) is 11.3 Å². The molecule has 0 N–H and O–H groups in total. The standard InChI is InChI=1S/C14H11FO/c1-10-6-5-9-12(13(10)15)14(16)11-7-3-2-4-8-11/h2-9H,1H3. The fourth-order valence-corrected chi connectivity index (χ4v) is 1.57. The van der Waals surface area contributed by atoms with Crippen molar-refractivity contribution >= 4 is 5.78 Å². The van der Waals surface area contributed by atoms with Gasteiger partial charge in [0.25, 0.3) is 0 Å². The highest BCUT2D eigenvalue weighted by Crippen LogP contribution is 2.16. The molecule has 0 radical (unpaired) electrons. The molecule has 0 heterocycles. The Morgan fingerprint density at radius 3 is 2.38 bits per heavy atom. The van der Waals surface area contributed by atoms with E-state index in [0.29, 0.717) is 11.1 Å². The van der Waals surface area contributed by atoms with E-state index in [1.165, 1.54) is 6.07 Å². The van der Waals surface area contributed by atoms with Gasteiger partial charge < -0.3 is 0 Å². The van der Waals surface area contributed by atoms with E-state index < -0.39 is 5.82 Å². The van der Waals surface area contributed by atoms with E-state index >= 15 is 0 Å². The summed E-state index contributed by atoms with van der Waals surface area (Å²) in [5.74, 6) is -0.710. The van der Waals surface area contributed by atoms with Crippen molar-refractivity contribution in [2.75, 3.05) is 0 Å². The first-order valence-corrected chi connectivity index (χ1v) is 5.05.